The molecule has 0 spiro atoms. The van der Waals surface area contributed by atoms with Crippen LogP contribution in [-0.2, 0) is 20.9 Å². The van der Waals surface area contributed by atoms with Gasteiger partial charge in [0.15, 0.2) is 0 Å². The molecular formula is C25H31FN4O4. The summed E-state index contributed by atoms with van der Waals surface area (Å²) in [4.78, 5) is 54.9. The Bertz CT molecular complexity index is 1010. The Morgan fingerprint density at radius 2 is 1.74 bits per heavy atom. The molecule has 4 amide bonds. The van der Waals surface area contributed by atoms with E-state index in [0.29, 0.717) is 43.6 Å². The van der Waals surface area contributed by atoms with Gasteiger partial charge in [-0.25, -0.2) is 4.39 Å². The number of imide groups is 1. The smallest absolute Gasteiger partial charge is 0.255 e. The molecule has 1 unspecified atom stereocenters. The van der Waals surface area contributed by atoms with E-state index in [-0.39, 0.29) is 43.0 Å². The van der Waals surface area contributed by atoms with Gasteiger partial charge in [-0.15, -0.1) is 0 Å². The second-order valence-corrected chi connectivity index (χ2v) is 9.92. The van der Waals surface area contributed by atoms with Gasteiger partial charge < -0.3 is 9.80 Å². The summed E-state index contributed by atoms with van der Waals surface area (Å²) in [5.74, 6) is -1.44. The van der Waals surface area contributed by atoms with Crippen molar-refractivity contribution in [2.24, 2.45) is 0 Å². The van der Waals surface area contributed by atoms with Crippen LogP contribution in [0.15, 0.2) is 12.1 Å². The highest BCUT2D eigenvalue weighted by Gasteiger charge is 2.40. The van der Waals surface area contributed by atoms with Crippen LogP contribution in [0, 0.1) is 5.82 Å². The zero-order valence-corrected chi connectivity index (χ0v) is 19.4. The molecule has 182 valence electrons. The molecule has 1 atom stereocenters. The van der Waals surface area contributed by atoms with Gasteiger partial charge in [0.25, 0.3) is 5.91 Å². The molecule has 1 aromatic rings. The Morgan fingerprint density at radius 1 is 1.00 bits per heavy atom. The fourth-order valence-corrected chi connectivity index (χ4v) is 5.77. The maximum absolute atomic E-state index is 15.1. The van der Waals surface area contributed by atoms with Crippen LogP contribution >= 0.6 is 0 Å². The maximum atomic E-state index is 15.1. The van der Waals surface area contributed by atoms with Gasteiger partial charge in [-0.3, -0.25) is 29.4 Å². The van der Waals surface area contributed by atoms with Gasteiger partial charge in [-0.05, 0) is 68.3 Å². The summed E-state index contributed by atoms with van der Waals surface area (Å²) in [5.41, 5.74) is 1.59. The van der Waals surface area contributed by atoms with Gasteiger partial charge in [0.2, 0.25) is 17.7 Å². The Labute approximate surface area is 198 Å². The number of benzene rings is 1. The van der Waals surface area contributed by atoms with E-state index in [0.717, 1.165) is 31.5 Å². The van der Waals surface area contributed by atoms with Crippen LogP contribution in [0.1, 0.15) is 72.3 Å². The summed E-state index contributed by atoms with van der Waals surface area (Å²) < 4.78 is 15.1. The number of hydrogen-bond donors (Lipinski definition) is 1. The summed E-state index contributed by atoms with van der Waals surface area (Å²) in [6, 6.07) is 2.36. The molecule has 0 aromatic heterocycles. The van der Waals surface area contributed by atoms with Crippen molar-refractivity contribution in [3.63, 3.8) is 0 Å². The van der Waals surface area contributed by atoms with Crippen molar-refractivity contribution in [3.8, 4) is 0 Å². The normalized spacial score (nSPS) is 24.4. The van der Waals surface area contributed by atoms with Gasteiger partial charge in [0, 0.05) is 31.6 Å². The highest BCUT2D eigenvalue weighted by Crippen LogP contribution is 2.35. The molecular weight excluding hydrogens is 439 g/mol. The lowest BCUT2D eigenvalue weighted by Gasteiger charge is -2.34. The molecule has 0 bridgehead atoms. The highest BCUT2D eigenvalue weighted by atomic mass is 19.1. The molecule has 34 heavy (non-hydrogen) atoms. The molecule has 0 aliphatic carbocycles. The number of rotatable bonds is 4. The fourth-order valence-electron chi connectivity index (χ4n) is 5.77. The van der Waals surface area contributed by atoms with Crippen molar-refractivity contribution in [2.45, 2.75) is 63.5 Å². The Kier molecular flexibility index (Phi) is 6.38. The molecule has 9 heteroatoms. The maximum Gasteiger partial charge on any atom is 0.255 e. The molecule has 3 fully saturated rings. The number of carbonyl (C=O) groups excluding carboxylic acids is 4. The molecule has 0 saturated carbocycles. The van der Waals surface area contributed by atoms with E-state index in [1.807, 2.05) is 4.90 Å². The number of carbonyl (C=O) groups is 4. The summed E-state index contributed by atoms with van der Waals surface area (Å²) >= 11 is 0. The van der Waals surface area contributed by atoms with E-state index < -0.39 is 17.8 Å². The number of likely N-dealkylation sites (tertiary alicyclic amines) is 2. The lowest BCUT2D eigenvalue weighted by molar-refractivity contribution is -0.137. The van der Waals surface area contributed by atoms with Crippen LogP contribution in [0.4, 0.5) is 4.39 Å². The quantitative estimate of drug-likeness (QED) is 0.678. The first-order chi connectivity index (χ1) is 16.4. The summed E-state index contributed by atoms with van der Waals surface area (Å²) in [5, 5.41) is 2.29. The van der Waals surface area contributed by atoms with Crippen molar-refractivity contribution in [2.75, 3.05) is 32.7 Å². The number of fused-ring (bicyclic) bond motifs is 1. The van der Waals surface area contributed by atoms with Crippen molar-refractivity contribution in [1.29, 1.82) is 0 Å². The van der Waals surface area contributed by atoms with Gasteiger partial charge in [0.05, 0.1) is 6.54 Å². The molecule has 0 radical (unpaired) electrons. The topological polar surface area (TPSA) is 90.0 Å². The Balaban J connectivity index is 1.23. The van der Waals surface area contributed by atoms with Crippen LogP contribution in [-0.4, -0.2) is 77.1 Å². The van der Waals surface area contributed by atoms with Gasteiger partial charge in [0.1, 0.15) is 11.9 Å². The van der Waals surface area contributed by atoms with Crippen molar-refractivity contribution < 1.29 is 23.6 Å². The third-order valence-corrected chi connectivity index (χ3v) is 7.74. The van der Waals surface area contributed by atoms with Crippen molar-refractivity contribution in [3.05, 3.63) is 34.6 Å². The third kappa shape index (κ3) is 4.45. The molecule has 1 N–H and O–H groups in total. The summed E-state index contributed by atoms with van der Waals surface area (Å²) in [7, 11) is 0. The average Bonchev–Trinajstić information content (AvgIpc) is 3.14. The van der Waals surface area contributed by atoms with Gasteiger partial charge >= 0.3 is 0 Å². The first kappa shape index (κ1) is 23.0. The minimum absolute atomic E-state index is 0.0101. The molecule has 5 rings (SSSR count). The predicted octanol–water partition coefficient (Wildman–Crippen LogP) is 1.78. The SMILES string of the molecule is O=C1CCC(N2Cc3cc(C4CCN(C(=O)CN5CCCCC5)CC4)c(F)cc3C2=O)C(=O)N1. The molecule has 3 saturated heterocycles. The number of hydrogen-bond acceptors (Lipinski definition) is 5. The molecule has 8 nitrogen and oxygen atoms in total. The first-order valence-electron chi connectivity index (χ1n) is 12.4. The lowest BCUT2D eigenvalue weighted by Crippen LogP contribution is -2.52. The average molecular weight is 471 g/mol. The zero-order valence-electron chi connectivity index (χ0n) is 19.4. The van der Waals surface area contributed by atoms with Crippen LogP contribution in [0.5, 0.6) is 0 Å². The number of halogens is 1. The fraction of sp³-hybridized carbons (Fsp3) is 0.600. The van der Waals surface area contributed by atoms with Crippen LogP contribution in [0.3, 0.4) is 0 Å². The monoisotopic (exact) mass is 470 g/mol. The summed E-state index contributed by atoms with van der Waals surface area (Å²) in [6.07, 6.45) is 5.37. The van der Waals surface area contributed by atoms with E-state index >= 15 is 4.39 Å². The largest absolute Gasteiger partial charge is 0.342 e. The third-order valence-electron chi connectivity index (χ3n) is 7.74. The minimum Gasteiger partial charge on any atom is -0.342 e. The van der Waals surface area contributed by atoms with E-state index in [2.05, 4.69) is 10.2 Å². The molecule has 4 aliphatic rings. The van der Waals surface area contributed by atoms with E-state index in [4.69, 9.17) is 0 Å². The van der Waals surface area contributed by atoms with Crippen LogP contribution < -0.4 is 5.32 Å². The molecule has 1 aromatic carbocycles. The van der Waals surface area contributed by atoms with Gasteiger partial charge in [-0.2, -0.15) is 0 Å². The van der Waals surface area contributed by atoms with E-state index in [9.17, 15) is 19.2 Å². The number of nitrogens with zero attached hydrogens (tertiary/aromatic N) is 3. The molecule has 4 aliphatic heterocycles. The van der Waals surface area contributed by atoms with Gasteiger partial charge in [-0.1, -0.05) is 12.5 Å². The zero-order chi connectivity index (χ0) is 23.8. The summed E-state index contributed by atoms with van der Waals surface area (Å²) in [6.45, 7) is 3.88. The van der Waals surface area contributed by atoms with Crippen LogP contribution in [0.25, 0.3) is 0 Å². The molecule has 4 heterocycles. The van der Waals surface area contributed by atoms with Crippen molar-refractivity contribution in [1.82, 2.24) is 20.0 Å². The predicted molar refractivity (Wildman–Crippen MR) is 121 cm³/mol. The number of piperidine rings is 3. The highest BCUT2D eigenvalue weighted by molar-refractivity contribution is 6.05. The Hall–Kier alpha value is -2.81. The second-order valence-electron chi connectivity index (χ2n) is 9.92. The Morgan fingerprint density at radius 3 is 2.44 bits per heavy atom. The first-order valence-corrected chi connectivity index (χ1v) is 12.4. The standard InChI is InChI=1S/C25H31FN4O4/c26-20-13-19-17(14-30(25(19)34)21-4-5-22(31)27-24(21)33)12-18(20)16-6-10-29(11-7-16)23(32)15-28-8-2-1-3-9-28/h12-13,16,21H,1-11,14-15H2,(H,27,31,33). The second kappa shape index (κ2) is 9.44. The van der Waals surface area contributed by atoms with Crippen molar-refractivity contribution >= 4 is 23.6 Å². The van der Waals surface area contributed by atoms with E-state index in [1.54, 1.807) is 6.07 Å². The minimum atomic E-state index is -0.710. The number of amides is 4. The lowest BCUT2D eigenvalue weighted by atomic mass is 9.87. The van der Waals surface area contributed by atoms with Crippen LogP contribution in [0.2, 0.25) is 0 Å². The number of nitrogens with one attached hydrogen (secondary N) is 1. The van der Waals surface area contributed by atoms with E-state index in [1.165, 1.54) is 17.4 Å².